The molecule has 3 aromatic rings. The van der Waals surface area contributed by atoms with Crippen LogP contribution in [0.15, 0.2) is 52.9 Å². The molecule has 1 N–H and O–H groups in total. The second-order valence-corrected chi connectivity index (χ2v) is 6.96. The van der Waals surface area contributed by atoms with Gasteiger partial charge < -0.3 is 14.6 Å². The fraction of sp³-hybridized carbons (Fsp3) is 0.238. The lowest BCUT2D eigenvalue weighted by molar-refractivity contribution is -0.119. The summed E-state index contributed by atoms with van der Waals surface area (Å²) in [6, 6.07) is 15.0. The van der Waals surface area contributed by atoms with E-state index in [4.69, 9.17) is 4.42 Å². The SMILES string of the molecule is O=C(Nc1ccc2c(c1)N(C(=O)C1CC1)CC2)c1cc2ccccc2o1. The second kappa shape index (κ2) is 5.73. The van der Waals surface area contributed by atoms with Gasteiger partial charge in [0.25, 0.3) is 5.91 Å². The van der Waals surface area contributed by atoms with E-state index in [0.29, 0.717) is 11.3 Å². The van der Waals surface area contributed by atoms with Gasteiger partial charge in [-0.05, 0) is 49.1 Å². The summed E-state index contributed by atoms with van der Waals surface area (Å²) in [5.41, 5.74) is 3.43. The Hall–Kier alpha value is -3.08. The number of para-hydroxylation sites is 1. The minimum atomic E-state index is -0.292. The molecule has 5 nitrogen and oxygen atoms in total. The number of carbonyl (C=O) groups is 2. The molecule has 1 aliphatic carbocycles. The van der Waals surface area contributed by atoms with Crippen molar-refractivity contribution >= 4 is 34.2 Å². The quantitative estimate of drug-likeness (QED) is 0.780. The van der Waals surface area contributed by atoms with E-state index in [0.717, 1.165) is 42.4 Å². The van der Waals surface area contributed by atoms with Gasteiger partial charge >= 0.3 is 0 Å². The molecule has 0 spiro atoms. The molecule has 0 saturated heterocycles. The van der Waals surface area contributed by atoms with E-state index in [1.807, 2.05) is 47.4 Å². The molecule has 2 aliphatic rings. The second-order valence-electron chi connectivity index (χ2n) is 6.96. The van der Waals surface area contributed by atoms with E-state index >= 15 is 0 Å². The van der Waals surface area contributed by atoms with E-state index in [1.54, 1.807) is 6.07 Å². The number of furan rings is 1. The van der Waals surface area contributed by atoms with Crippen molar-refractivity contribution in [2.24, 2.45) is 5.92 Å². The Balaban J connectivity index is 1.39. The summed E-state index contributed by atoms with van der Waals surface area (Å²) >= 11 is 0. The molecule has 0 bridgehead atoms. The third-order valence-corrected chi connectivity index (χ3v) is 5.08. The van der Waals surface area contributed by atoms with Gasteiger partial charge in [0.05, 0.1) is 0 Å². The zero-order valence-electron chi connectivity index (χ0n) is 14.2. The van der Waals surface area contributed by atoms with Crippen LogP contribution in [0.1, 0.15) is 29.0 Å². The van der Waals surface area contributed by atoms with Crippen LogP contribution in [0.25, 0.3) is 11.0 Å². The molecule has 2 amide bonds. The molecule has 5 rings (SSSR count). The van der Waals surface area contributed by atoms with Crippen LogP contribution in [0.4, 0.5) is 11.4 Å². The normalized spacial score (nSPS) is 15.9. The van der Waals surface area contributed by atoms with Crippen LogP contribution in [0.5, 0.6) is 0 Å². The van der Waals surface area contributed by atoms with Crippen molar-refractivity contribution in [3.8, 4) is 0 Å². The molecule has 0 atom stereocenters. The molecule has 1 aliphatic heterocycles. The predicted molar refractivity (Wildman–Crippen MR) is 99.4 cm³/mol. The van der Waals surface area contributed by atoms with Crippen molar-refractivity contribution in [2.75, 3.05) is 16.8 Å². The van der Waals surface area contributed by atoms with Gasteiger partial charge in [0.1, 0.15) is 5.58 Å². The average molecular weight is 346 g/mol. The van der Waals surface area contributed by atoms with Gasteiger partial charge in [-0.3, -0.25) is 9.59 Å². The highest BCUT2D eigenvalue weighted by Crippen LogP contribution is 2.37. The molecular formula is C21H18N2O3. The first kappa shape index (κ1) is 15.2. The molecule has 5 heteroatoms. The summed E-state index contributed by atoms with van der Waals surface area (Å²) in [6.45, 7) is 0.728. The minimum Gasteiger partial charge on any atom is -0.451 e. The molecule has 0 unspecified atom stereocenters. The third-order valence-electron chi connectivity index (χ3n) is 5.08. The maximum absolute atomic E-state index is 12.5. The summed E-state index contributed by atoms with van der Waals surface area (Å²) in [7, 11) is 0. The van der Waals surface area contributed by atoms with Crippen molar-refractivity contribution in [2.45, 2.75) is 19.3 Å². The van der Waals surface area contributed by atoms with Crippen molar-refractivity contribution in [1.82, 2.24) is 0 Å². The highest BCUT2D eigenvalue weighted by molar-refractivity contribution is 6.05. The standard InChI is InChI=1S/C21H18N2O3/c24-20(19-11-15-3-1-2-4-18(15)26-19)22-16-8-7-13-9-10-23(17(13)12-16)21(25)14-5-6-14/h1-4,7-8,11-12,14H,5-6,9-10H2,(H,22,24). The van der Waals surface area contributed by atoms with Crippen molar-refractivity contribution in [3.05, 3.63) is 59.9 Å². The van der Waals surface area contributed by atoms with E-state index < -0.39 is 0 Å². The molecule has 130 valence electrons. The average Bonchev–Trinajstić information content (AvgIpc) is 3.27. The number of benzene rings is 2. The van der Waals surface area contributed by atoms with Crippen molar-refractivity contribution in [1.29, 1.82) is 0 Å². The molecule has 2 aromatic carbocycles. The fourth-order valence-corrected chi connectivity index (χ4v) is 3.52. The lowest BCUT2D eigenvalue weighted by atomic mass is 10.1. The molecule has 2 heterocycles. The van der Waals surface area contributed by atoms with Gasteiger partial charge in [0, 0.05) is 29.2 Å². The maximum atomic E-state index is 12.5. The van der Waals surface area contributed by atoms with E-state index in [9.17, 15) is 9.59 Å². The smallest absolute Gasteiger partial charge is 0.291 e. The topological polar surface area (TPSA) is 62.6 Å². The molecular weight excluding hydrogens is 328 g/mol. The van der Waals surface area contributed by atoms with Crippen LogP contribution < -0.4 is 10.2 Å². The first-order valence-corrected chi connectivity index (χ1v) is 8.93. The predicted octanol–water partition coefficient (Wildman–Crippen LogP) is 3.98. The largest absolute Gasteiger partial charge is 0.451 e. The minimum absolute atomic E-state index is 0.190. The highest BCUT2D eigenvalue weighted by atomic mass is 16.3. The number of rotatable bonds is 3. The Morgan fingerprint density at radius 1 is 1.08 bits per heavy atom. The third kappa shape index (κ3) is 2.56. The van der Waals surface area contributed by atoms with E-state index in [2.05, 4.69) is 5.32 Å². The maximum Gasteiger partial charge on any atom is 0.291 e. The van der Waals surface area contributed by atoms with Crippen molar-refractivity contribution < 1.29 is 14.0 Å². The first-order chi connectivity index (χ1) is 12.7. The molecule has 1 saturated carbocycles. The number of fused-ring (bicyclic) bond motifs is 2. The highest BCUT2D eigenvalue weighted by Gasteiger charge is 2.36. The molecule has 1 fully saturated rings. The Morgan fingerprint density at radius 2 is 1.92 bits per heavy atom. The number of amides is 2. The lowest BCUT2D eigenvalue weighted by Gasteiger charge is -2.17. The Labute approximate surface area is 150 Å². The number of nitrogens with zero attached hydrogens (tertiary/aromatic N) is 1. The summed E-state index contributed by atoms with van der Waals surface area (Å²) in [6.07, 6.45) is 2.85. The summed E-state index contributed by atoms with van der Waals surface area (Å²) < 4.78 is 5.62. The van der Waals surface area contributed by atoms with Gasteiger partial charge in [0.2, 0.25) is 5.91 Å². The van der Waals surface area contributed by atoms with E-state index in [1.165, 1.54) is 0 Å². The van der Waals surface area contributed by atoms with Crippen LogP contribution in [-0.4, -0.2) is 18.4 Å². The molecule has 0 radical (unpaired) electrons. The zero-order chi connectivity index (χ0) is 17.7. The van der Waals surface area contributed by atoms with Crippen LogP contribution in [0.2, 0.25) is 0 Å². The van der Waals surface area contributed by atoms with Gasteiger partial charge in [-0.15, -0.1) is 0 Å². The lowest BCUT2D eigenvalue weighted by Crippen LogP contribution is -2.30. The van der Waals surface area contributed by atoms with Crippen LogP contribution >= 0.6 is 0 Å². The van der Waals surface area contributed by atoms with Gasteiger partial charge in [-0.25, -0.2) is 0 Å². The number of hydrogen-bond donors (Lipinski definition) is 1. The Bertz CT molecular complexity index is 1000. The monoisotopic (exact) mass is 346 g/mol. The van der Waals surface area contributed by atoms with Gasteiger partial charge in [0.15, 0.2) is 5.76 Å². The molecule has 26 heavy (non-hydrogen) atoms. The number of carbonyl (C=O) groups excluding carboxylic acids is 2. The summed E-state index contributed by atoms with van der Waals surface area (Å²) in [5.74, 6) is 0.385. The fourth-order valence-electron chi connectivity index (χ4n) is 3.52. The summed E-state index contributed by atoms with van der Waals surface area (Å²) in [4.78, 5) is 26.8. The van der Waals surface area contributed by atoms with Crippen molar-refractivity contribution in [3.63, 3.8) is 0 Å². The van der Waals surface area contributed by atoms with E-state index in [-0.39, 0.29) is 23.5 Å². The Morgan fingerprint density at radius 3 is 2.73 bits per heavy atom. The number of hydrogen-bond acceptors (Lipinski definition) is 3. The van der Waals surface area contributed by atoms with Crippen LogP contribution in [0.3, 0.4) is 0 Å². The van der Waals surface area contributed by atoms with Crippen LogP contribution in [0, 0.1) is 5.92 Å². The zero-order valence-corrected chi connectivity index (χ0v) is 14.2. The van der Waals surface area contributed by atoms with Crippen LogP contribution in [-0.2, 0) is 11.2 Å². The number of anilines is 2. The molecule has 1 aromatic heterocycles. The van der Waals surface area contributed by atoms with Gasteiger partial charge in [-0.2, -0.15) is 0 Å². The Kier molecular flexibility index (Phi) is 3.35. The number of nitrogens with one attached hydrogen (secondary N) is 1. The van der Waals surface area contributed by atoms with Gasteiger partial charge in [-0.1, -0.05) is 24.3 Å². The summed E-state index contributed by atoms with van der Waals surface area (Å²) in [5, 5.41) is 3.78. The first-order valence-electron chi connectivity index (χ1n) is 8.93.